The normalized spacial score (nSPS) is 17.9. The predicted octanol–water partition coefficient (Wildman–Crippen LogP) is 1.31. The number of carbonyl (C=O) groups is 1. The average molecular weight is 331 g/mol. The highest BCUT2D eigenvalue weighted by Gasteiger charge is 2.15. The summed E-state index contributed by atoms with van der Waals surface area (Å²) in [4.78, 5) is 21.6. The van der Waals surface area contributed by atoms with Crippen molar-refractivity contribution in [2.24, 2.45) is 0 Å². The van der Waals surface area contributed by atoms with E-state index in [1.807, 2.05) is 12.1 Å². The van der Waals surface area contributed by atoms with Crippen LogP contribution in [0.4, 0.5) is 5.82 Å². The number of rotatable bonds is 2. The van der Waals surface area contributed by atoms with Crippen LogP contribution >= 0.6 is 0 Å². The minimum atomic E-state index is 0.645. The summed E-state index contributed by atoms with van der Waals surface area (Å²) in [6.07, 6.45) is 2.41. The molecule has 0 aliphatic carbocycles. The van der Waals surface area contributed by atoms with Crippen molar-refractivity contribution >= 4 is 23.0 Å². The van der Waals surface area contributed by atoms with Crippen molar-refractivity contribution < 1.29 is 19.0 Å². The van der Waals surface area contributed by atoms with E-state index in [-0.39, 0.29) is 0 Å². The Morgan fingerprint density at radius 1 is 0.917 bits per heavy atom. The number of aromatic nitrogens is 2. The SMILES string of the molecule is C1COCCO1.O=Cc1ccc2ncnc(N3CCOCC3)c2c1. The molecule has 0 unspecified atom stereocenters. The molecule has 2 aliphatic heterocycles. The van der Waals surface area contributed by atoms with Gasteiger partial charge >= 0.3 is 0 Å². The fourth-order valence-corrected chi connectivity index (χ4v) is 2.60. The third-order valence-electron chi connectivity index (χ3n) is 3.83. The summed E-state index contributed by atoms with van der Waals surface area (Å²) in [5.41, 5.74) is 1.50. The molecule has 1 aromatic heterocycles. The molecule has 0 saturated carbocycles. The molecule has 4 rings (SSSR count). The van der Waals surface area contributed by atoms with E-state index in [4.69, 9.17) is 14.2 Å². The van der Waals surface area contributed by atoms with Crippen LogP contribution in [0.15, 0.2) is 24.5 Å². The Bertz CT molecular complexity index is 658. The lowest BCUT2D eigenvalue weighted by Gasteiger charge is -2.28. The third kappa shape index (κ3) is 4.25. The lowest BCUT2D eigenvalue weighted by Crippen LogP contribution is -2.36. The number of morpholine rings is 1. The van der Waals surface area contributed by atoms with Gasteiger partial charge in [0.05, 0.1) is 45.2 Å². The molecule has 0 N–H and O–H groups in total. The molecule has 2 aliphatic rings. The largest absolute Gasteiger partial charge is 0.378 e. The van der Waals surface area contributed by atoms with Crippen LogP contribution in [-0.2, 0) is 14.2 Å². The van der Waals surface area contributed by atoms with E-state index < -0.39 is 0 Å². The second-order valence-corrected chi connectivity index (χ2v) is 5.42. The highest BCUT2D eigenvalue weighted by atomic mass is 16.6. The molecule has 0 amide bonds. The highest BCUT2D eigenvalue weighted by molar-refractivity contribution is 5.93. The number of benzene rings is 1. The van der Waals surface area contributed by atoms with Crippen molar-refractivity contribution in [2.75, 3.05) is 57.6 Å². The van der Waals surface area contributed by atoms with Gasteiger partial charge < -0.3 is 19.1 Å². The van der Waals surface area contributed by atoms with Crippen LogP contribution in [0.1, 0.15) is 10.4 Å². The summed E-state index contributed by atoms with van der Waals surface area (Å²) in [6.45, 7) is 6.16. The molecule has 7 heteroatoms. The van der Waals surface area contributed by atoms with E-state index in [0.717, 1.165) is 62.5 Å². The molecule has 2 saturated heterocycles. The summed E-state index contributed by atoms with van der Waals surface area (Å²) in [5, 5.41) is 0.920. The molecule has 7 nitrogen and oxygen atoms in total. The van der Waals surface area contributed by atoms with Crippen molar-refractivity contribution in [3.63, 3.8) is 0 Å². The Morgan fingerprint density at radius 3 is 2.21 bits per heavy atom. The standard InChI is InChI=1S/C13H13N3O2.C4H8O2/c17-8-10-1-2-12-11(7-10)13(15-9-14-12)16-3-5-18-6-4-16;1-2-6-4-3-5-1/h1-2,7-9H,3-6H2;1-4H2. The summed E-state index contributed by atoms with van der Waals surface area (Å²) < 4.78 is 15.2. The highest BCUT2D eigenvalue weighted by Crippen LogP contribution is 2.24. The zero-order chi connectivity index (χ0) is 16.6. The van der Waals surface area contributed by atoms with Gasteiger partial charge in [0.2, 0.25) is 0 Å². The summed E-state index contributed by atoms with van der Waals surface area (Å²) in [7, 11) is 0. The maximum Gasteiger partial charge on any atom is 0.150 e. The van der Waals surface area contributed by atoms with Gasteiger partial charge in [0, 0.05) is 24.0 Å². The maximum absolute atomic E-state index is 10.9. The van der Waals surface area contributed by atoms with Crippen molar-refractivity contribution in [1.29, 1.82) is 0 Å². The quantitative estimate of drug-likeness (QED) is 0.768. The van der Waals surface area contributed by atoms with E-state index in [0.29, 0.717) is 18.8 Å². The number of aldehydes is 1. The van der Waals surface area contributed by atoms with E-state index in [9.17, 15) is 4.79 Å². The van der Waals surface area contributed by atoms with Crippen molar-refractivity contribution in [1.82, 2.24) is 9.97 Å². The van der Waals surface area contributed by atoms with Gasteiger partial charge in [-0.2, -0.15) is 0 Å². The summed E-state index contributed by atoms with van der Waals surface area (Å²) >= 11 is 0. The third-order valence-corrected chi connectivity index (χ3v) is 3.83. The van der Waals surface area contributed by atoms with E-state index in [1.165, 1.54) is 0 Å². The topological polar surface area (TPSA) is 73.8 Å². The van der Waals surface area contributed by atoms with Crippen molar-refractivity contribution in [2.45, 2.75) is 0 Å². The minimum absolute atomic E-state index is 0.645. The van der Waals surface area contributed by atoms with Crippen LogP contribution in [0, 0.1) is 0 Å². The van der Waals surface area contributed by atoms with Crippen LogP contribution in [0.5, 0.6) is 0 Å². The first-order valence-electron chi connectivity index (χ1n) is 8.06. The Balaban J connectivity index is 0.000000238. The predicted molar refractivity (Wildman–Crippen MR) is 89.6 cm³/mol. The molecule has 1 aromatic carbocycles. The zero-order valence-electron chi connectivity index (χ0n) is 13.5. The molecule has 0 atom stereocenters. The van der Waals surface area contributed by atoms with Crippen LogP contribution in [0.25, 0.3) is 10.9 Å². The van der Waals surface area contributed by atoms with Gasteiger partial charge in [-0.3, -0.25) is 4.79 Å². The van der Waals surface area contributed by atoms with Gasteiger partial charge in [-0.25, -0.2) is 9.97 Å². The monoisotopic (exact) mass is 331 g/mol. The first kappa shape index (κ1) is 16.8. The van der Waals surface area contributed by atoms with Gasteiger partial charge in [0.25, 0.3) is 0 Å². The second kappa shape index (κ2) is 8.68. The van der Waals surface area contributed by atoms with E-state index in [1.54, 1.807) is 12.4 Å². The first-order valence-corrected chi connectivity index (χ1v) is 8.06. The van der Waals surface area contributed by atoms with E-state index >= 15 is 0 Å². The summed E-state index contributed by atoms with van der Waals surface area (Å²) in [6, 6.07) is 5.46. The Kier molecular flexibility index (Phi) is 6.06. The minimum Gasteiger partial charge on any atom is -0.378 e. The molecule has 128 valence electrons. The first-order chi connectivity index (χ1) is 11.9. The molecule has 0 radical (unpaired) electrons. The van der Waals surface area contributed by atoms with Gasteiger partial charge in [-0.05, 0) is 18.2 Å². The molecule has 2 fully saturated rings. The number of carbonyl (C=O) groups excluding carboxylic acids is 1. The van der Waals surface area contributed by atoms with E-state index in [2.05, 4.69) is 14.9 Å². The molecule has 0 spiro atoms. The van der Waals surface area contributed by atoms with Gasteiger partial charge in [-0.15, -0.1) is 0 Å². The number of nitrogens with zero attached hydrogens (tertiary/aromatic N) is 3. The number of hydrogen-bond acceptors (Lipinski definition) is 7. The van der Waals surface area contributed by atoms with Crippen LogP contribution in [0.2, 0.25) is 0 Å². The second-order valence-electron chi connectivity index (χ2n) is 5.42. The molecular weight excluding hydrogens is 310 g/mol. The number of fused-ring (bicyclic) bond motifs is 1. The van der Waals surface area contributed by atoms with Crippen LogP contribution < -0.4 is 4.90 Å². The smallest absolute Gasteiger partial charge is 0.150 e. The number of ether oxygens (including phenoxy) is 3. The van der Waals surface area contributed by atoms with Crippen LogP contribution in [0.3, 0.4) is 0 Å². The Morgan fingerprint density at radius 2 is 1.58 bits per heavy atom. The lowest BCUT2D eigenvalue weighted by molar-refractivity contribution is -0.0334. The number of anilines is 1. The zero-order valence-corrected chi connectivity index (χ0v) is 13.5. The van der Waals surface area contributed by atoms with Gasteiger partial charge in [-0.1, -0.05) is 0 Å². The van der Waals surface area contributed by atoms with Crippen molar-refractivity contribution in [3.8, 4) is 0 Å². The number of hydrogen-bond donors (Lipinski definition) is 0. The summed E-state index contributed by atoms with van der Waals surface area (Å²) in [5.74, 6) is 0.881. The average Bonchev–Trinajstić information content (AvgIpc) is 2.69. The Hall–Kier alpha value is -2.09. The molecular formula is C17H21N3O4. The molecule has 24 heavy (non-hydrogen) atoms. The molecule has 0 bridgehead atoms. The lowest BCUT2D eigenvalue weighted by atomic mass is 10.1. The van der Waals surface area contributed by atoms with Gasteiger partial charge in [0.1, 0.15) is 18.4 Å². The van der Waals surface area contributed by atoms with Gasteiger partial charge in [0.15, 0.2) is 0 Å². The molecule has 3 heterocycles. The maximum atomic E-state index is 10.9. The van der Waals surface area contributed by atoms with Crippen molar-refractivity contribution in [3.05, 3.63) is 30.1 Å². The van der Waals surface area contributed by atoms with Crippen LogP contribution in [-0.4, -0.2) is 69.0 Å². The Labute approximate surface area is 140 Å². The fourth-order valence-electron chi connectivity index (χ4n) is 2.60. The fraction of sp³-hybridized carbons (Fsp3) is 0.471. The molecule has 2 aromatic rings.